The van der Waals surface area contributed by atoms with Crippen LogP contribution in [0.3, 0.4) is 0 Å². The van der Waals surface area contributed by atoms with Gasteiger partial charge in [0.1, 0.15) is 12.4 Å². The molecule has 0 aliphatic heterocycles. The van der Waals surface area contributed by atoms with Crippen LogP contribution in [0.5, 0.6) is 5.75 Å². The van der Waals surface area contributed by atoms with Gasteiger partial charge in [-0.05, 0) is 24.6 Å². The zero-order valence-electron chi connectivity index (χ0n) is 10.1. The van der Waals surface area contributed by atoms with Crippen LogP contribution in [0.25, 0.3) is 0 Å². The van der Waals surface area contributed by atoms with E-state index in [4.69, 9.17) is 16.3 Å². The predicted octanol–water partition coefficient (Wildman–Crippen LogP) is 4.29. The number of hydrogen-bond acceptors (Lipinski definition) is 2. The van der Waals surface area contributed by atoms with Gasteiger partial charge in [0.15, 0.2) is 0 Å². The second-order valence-corrected chi connectivity index (χ2v) is 5.26. The van der Waals surface area contributed by atoms with E-state index in [0.29, 0.717) is 17.4 Å². The third kappa shape index (κ3) is 3.27. The maximum absolute atomic E-state index is 6.07. The lowest BCUT2D eigenvalue weighted by molar-refractivity contribution is 0.294. The van der Waals surface area contributed by atoms with Crippen molar-refractivity contribution >= 4 is 27.5 Å². The summed E-state index contributed by atoms with van der Waals surface area (Å²) in [6, 6.07) is 5.56. The monoisotopic (exact) mass is 328 g/mol. The fourth-order valence-corrected chi connectivity index (χ4v) is 2.16. The molecule has 1 aromatic carbocycles. The van der Waals surface area contributed by atoms with Gasteiger partial charge in [-0.1, -0.05) is 34.5 Å². The number of aromatic nitrogens is 2. The minimum Gasteiger partial charge on any atom is -0.486 e. The Morgan fingerprint density at radius 1 is 1.44 bits per heavy atom. The molecule has 18 heavy (non-hydrogen) atoms. The number of aryl methyl sites for hydroxylation is 1. The average molecular weight is 330 g/mol. The molecule has 0 saturated heterocycles. The number of imidazole rings is 1. The molecule has 1 heterocycles. The highest BCUT2D eigenvalue weighted by molar-refractivity contribution is 9.10. The fraction of sp³-hybridized carbons (Fsp3) is 0.308. The maximum atomic E-state index is 6.07. The van der Waals surface area contributed by atoms with E-state index >= 15 is 0 Å². The van der Waals surface area contributed by atoms with E-state index in [0.717, 1.165) is 23.1 Å². The van der Waals surface area contributed by atoms with Crippen LogP contribution < -0.4 is 4.74 Å². The van der Waals surface area contributed by atoms with Crippen molar-refractivity contribution in [2.45, 2.75) is 26.5 Å². The standard InChI is InChI=1S/C13H14BrClN2O/c1-2-5-17-9-16-7-11(17)8-18-13-6-10(14)3-4-12(13)15/h3-4,6-7,9H,2,5,8H2,1H3. The molecule has 0 saturated carbocycles. The summed E-state index contributed by atoms with van der Waals surface area (Å²) in [5, 5.41) is 0.611. The number of hydrogen-bond donors (Lipinski definition) is 0. The molecule has 0 unspecified atom stereocenters. The van der Waals surface area contributed by atoms with Gasteiger partial charge in [-0.2, -0.15) is 0 Å². The molecule has 3 nitrogen and oxygen atoms in total. The molecule has 0 amide bonds. The Kier molecular flexibility index (Phi) is 4.66. The quantitative estimate of drug-likeness (QED) is 0.818. The summed E-state index contributed by atoms with van der Waals surface area (Å²) < 4.78 is 8.76. The molecule has 2 rings (SSSR count). The zero-order valence-corrected chi connectivity index (χ0v) is 12.4. The van der Waals surface area contributed by atoms with E-state index < -0.39 is 0 Å². The molecular weight excluding hydrogens is 316 g/mol. The molecule has 0 spiro atoms. The first-order valence-electron chi connectivity index (χ1n) is 5.77. The molecule has 96 valence electrons. The molecule has 5 heteroatoms. The highest BCUT2D eigenvalue weighted by atomic mass is 79.9. The Balaban J connectivity index is 2.06. The molecule has 0 radical (unpaired) electrons. The highest BCUT2D eigenvalue weighted by Crippen LogP contribution is 2.28. The highest BCUT2D eigenvalue weighted by Gasteiger charge is 2.05. The van der Waals surface area contributed by atoms with Crippen LogP contribution in [0.15, 0.2) is 35.2 Å². The van der Waals surface area contributed by atoms with Gasteiger partial charge in [0, 0.05) is 11.0 Å². The van der Waals surface area contributed by atoms with Crippen LogP contribution in [-0.2, 0) is 13.2 Å². The summed E-state index contributed by atoms with van der Waals surface area (Å²) in [5.41, 5.74) is 1.05. The predicted molar refractivity (Wildman–Crippen MR) is 76.0 cm³/mol. The van der Waals surface area contributed by atoms with Gasteiger partial charge >= 0.3 is 0 Å². The number of benzene rings is 1. The summed E-state index contributed by atoms with van der Waals surface area (Å²) in [7, 11) is 0. The Hall–Kier alpha value is -1.000. The largest absolute Gasteiger partial charge is 0.486 e. The smallest absolute Gasteiger partial charge is 0.139 e. The number of nitrogens with zero attached hydrogens (tertiary/aromatic N) is 2. The van der Waals surface area contributed by atoms with E-state index in [-0.39, 0.29) is 0 Å². The summed E-state index contributed by atoms with van der Waals surface area (Å²) in [6.07, 6.45) is 4.72. The van der Waals surface area contributed by atoms with Crippen LogP contribution in [0.1, 0.15) is 19.0 Å². The topological polar surface area (TPSA) is 27.1 Å². The molecule has 0 N–H and O–H groups in total. The van der Waals surface area contributed by atoms with E-state index in [1.807, 2.05) is 30.7 Å². The van der Waals surface area contributed by atoms with Crippen molar-refractivity contribution in [1.82, 2.24) is 9.55 Å². The third-order valence-electron chi connectivity index (χ3n) is 2.53. The van der Waals surface area contributed by atoms with Crippen molar-refractivity contribution in [3.8, 4) is 5.75 Å². The minimum atomic E-state index is 0.468. The van der Waals surface area contributed by atoms with Crippen molar-refractivity contribution in [2.24, 2.45) is 0 Å². The van der Waals surface area contributed by atoms with Gasteiger partial charge < -0.3 is 9.30 Å². The van der Waals surface area contributed by atoms with Gasteiger partial charge in [0.05, 0.1) is 23.2 Å². The SMILES string of the molecule is CCCn1cncc1COc1cc(Br)ccc1Cl. The average Bonchev–Trinajstić information content (AvgIpc) is 2.78. The number of halogens is 2. The normalized spacial score (nSPS) is 10.6. The molecule has 0 fully saturated rings. The van der Waals surface area contributed by atoms with Gasteiger partial charge in [0.2, 0.25) is 0 Å². The van der Waals surface area contributed by atoms with E-state index in [9.17, 15) is 0 Å². The lowest BCUT2D eigenvalue weighted by Crippen LogP contribution is -2.05. The summed E-state index contributed by atoms with van der Waals surface area (Å²) in [4.78, 5) is 4.13. The number of ether oxygens (including phenoxy) is 1. The Morgan fingerprint density at radius 2 is 2.28 bits per heavy atom. The van der Waals surface area contributed by atoms with Crippen molar-refractivity contribution in [3.05, 3.63) is 45.9 Å². The second kappa shape index (κ2) is 6.25. The maximum Gasteiger partial charge on any atom is 0.139 e. The van der Waals surface area contributed by atoms with E-state index in [1.165, 1.54) is 0 Å². The van der Waals surface area contributed by atoms with Crippen molar-refractivity contribution in [3.63, 3.8) is 0 Å². The van der Waals surface area contributed by atoms with Crippen molar-refractivity contribution in [1.29, 1.82) is 0 Å². The lowest BCUT2D eigenvalue weighted by Gasteiger charge is -2.10. The van der Waals surface area contributed by atoms with Gasteiger partial charge in [-0.15, -0.1) is 0 Å². The summed E-state index contributed by atoms with van der Waals surface area (Å²) in [6.45, 7) is 3.55. The molecule has 0 aliphatic rings. The van der Waals surface area contributed by atoms with Crippen LogP contribution >= 0.6 is 27.5 Å². The minimum absolute atomic E-state index is 0.468. The first kappa shape index (κ1) is 13.4. The Bertz CT molecular complexity index is 527. The van der Waals surface area contributed by atoms with Crippen molar-refractivity contribution in [2.75, 3.05) is 0 Å². The van der Waals surface area contributed by atoms with Gasteiger partial charge in [-0.3, -0.25) is 0 Å². The van der Waals surface area contributed by atoms with Crippen molar-refractivity contribution < 1.29 is 4.74 Å². The van der Waals surface area contributed by atoms with Crippen LogP contribution in [0.2, 0.25) is 5.02 Å². The zero-order chi connectivity index (χ0) is 13.0. The Labute approximate surface area is 120 Å². The first-order valence-corrected chi connectivity index (χ1v) is 6.94. The molecular formula is C13H14BrClN2O. The van der Waals surface area contributed by atoms with Gasteiger partial charge in [-0.25, -0.2) is 4.98 Å². The lowest BCUT2D eigenvalue weighted by atomic mass is 10.3. The third-order valence-corrected chi connectivity index (χ3v) is 3.34. The Morgan fingerprint density at radius 3 is 3.06 bits per heavy atom. The molecule has 0 atom stereocenters. The van der Waals surface area contributed by atoms with Crippen LogP contribution in [0, 0.1) is 0 Å². The van der Waals surface area contributed by atoms with E-state index in [1.54, 1.807) is 0 Å². The summed E-state index contributed by atoms with van der Waals surface area (Å²) in [5.74, 6) is 0.676. The molecule has 0 bridgehead atoms. The van der Waals surface area contributed by atoms with Crippen LogP contribution in [0.4, 0.5) is 0 Å². The summed E-state index contributed by atoms with van der Waals surface area (Å²) >= 11 is 9.47. The first-order chi connectivity index (χ1) is 8.70. The molecule has 1 aromatic heterocycles. The molecule has 0 aliphatic carbocycles. The fourth-order valence-electron chi connectivity index (χ4n) is 1.65. The molecule has 2 aromatic rings. The number of rotatable bonds is 5. The van der Waals surface area contributed by atoms with Crippen LogP contribution in [-0.4, -0.2) is 9.55 Å². The van der Waals surface area contributed by atoms with Gasteiger partial charge in [0.25, 0.3) is 0 Å². The second-order valence-electron chi connectivity index (χ2n) is 3.94. The van der Waals surface area contributed by atoms with E-state index in [2.05, 4.69) is 32.4 Å².